The van der Waals surface area contributed by atoms with Crippen LogP contribution in [0, 0.1) is 31.5 Å². The van der Waals surface area contributed by atoms with E-state index in [0.29, 0.717) is 37.8 Å². The van der Waals surface area contributed by atoms with E-state index in [-0.39, 0.29) is 23.5 Å². The van der Waals surface area contributed by atoms with Crippen LogP contribution in [-0.4, -0.2) is 59.3 Å². The molecule has 2 fully saturated rings. The van der Waals surface area contributed by atoms with Gasteiger partial charge in [-0.1, -0.05) is 18.2 Å². The summed E-state index contributed by atoms with van der Waals surface area (Å²) < 4.78 is 13.9. The van der Waals surface area contributed by atoms with Crippen LogP contribution in [0.1, 0.15) is 53.0 Å². The average Bonchev–Trinajstić information content (AvgIpc) is 3.17. The van der Waals surface area contributed by atoms with E-state index in [9.17, 15) is 14.0 Å². The van der Waals surface area contributed by atoms with Gasteiger partial charge in [0.05, 0.1) is 5.92 Å². The Balaban J connectivity index is 1.22. The second-order valence-corrected chi connectivity index (χ2v) is 9.66. The maximum Gasteiger partial charge on any atom is 0.270 e. The molecule has 4 rings (SSSR count). The van der Waals surface area contributed by atoms with Crippen LogP contribution in [0.25, 0.3) is 0 Å². The first-order chi connectivity index (χ1) is 15.9. The van der Waals surface area contributed by atoms with Gasteiger partial charge < -0.3 is 15.2 Å². The second kappa shape index (κ2) is 10.5. The van der Waals surface area contributed by atoms with E-state index in [4.69, 9.17) is 0 Å². The van der Waals surface area contributed by atoms with Crippen molar-refractivity contribution in [3.8, 4) is 0 Å². The van der Waals surface area contributed by atoms with Gasteiger partial charge in [0.1, 0.15) is 11.5 Å². The number of hydrogen-bond donors (Lipinski definition) is 2. The third-order valence-electron chi connectivity index (χ3n) is 7.07. The number of aryl methyl sites for hydroxylation is 2. The van der Waals surface area contributed by atoms with Crippen LogP contribution in [-0.2, 0) is 11.3 Å². The third-order valence-corrected chi connectivity index (χ3v) is 7.07. The lowest BCUT2D eigenvalue weighted by Gasteiger charge is -2.34. The van der Waals surface area contributed by atoms with Crippen molar-refractivity contribution in [3.05, 3.63) is 58.7 Å². The lowest BCUT2D eigenvalue weighted by molar-refractivity contribution is -0.126. The van der Waals surface area contributed by atoms with Crippen molar-refractivity contribution in [2.45, 2.75) is 46.1 Å². The van der Waals surface area contributed by atoms with E-state index in [1.54, 1.807) is 6.07 Å². The molecule has 178 valence electrons. The van der Waals surface area contributed by atoms with Gasteiger partial charge in [0.2, 0.25) is 5.91 Å². The molecule has 2 aliphatic heterocycles. The van der Waals surface area contributed by atoms with Crippen molar-refractivity contribution >= 4 is 11.8 Å². The summed E-state index contributed by atoms with van der Waals surface area (Å²) in [7, 11) is 0. The summed E-state index contributed by atoms with van der Waals surface area (Å²) in [5.74, 6) is 0.186. The molecule has 1 aromatic heterocycles. The van der Waals surface area contributed by atoms with Gasteiger partial charge in [0, 0.05) is 37.4 Å². The number of nitrogens with zero attached hydrogens (tertiary/aromatic N) is 2. The summed E-state index contributed by atoms with van der Waals surface area (Å²) in [6.45, 7) is 8.19. The molecule has 2 amide bonds. The Labute approximate surface area is 195 Å². The topological polar surface area (TPSA) is 68.4 Å². The summed E-state index contributed by atoms with van der Waals surface area (Å²) in [4.78, 5) is 33.0. The third kappa shape index (κ3) is 5.82. The molecule has 7 heteroatoms. The smallest absolute Gasteiger partial charge is 0.270 e. The number of aromatic amines is 1. The molecule has 0 aliphatic carbocycles. The predicted molar refractivity (Wildman–Crippen MR) is 126 cm³/mol. The van der Waals surface area contributed by atoms with E-state index < -0.39 is 0 Å². The van der Waals surface area contributed by atoms with Crippen LogP contribution in [0.3, 0.4) is 0 Å². The van der Waals surface area contributed by atoms with E-state index in [1.807, 2.05) is 36.9 Å². The molecule has 1 aromatic carbocycles. The average molecular weight is 455 g/mol. The Morgan fingerprint density at radius 1 is 1.12 bits per heavy atom. The summed E-state index contributed by atoms with van der Waals surface area (Å²) >= 11 is 0. The normalized spacial score (nSPS) is 20.1. The number of nitrogens with one attached hydrogen (secondary N) is 2. The lowest BCUT2D eigenvalue weighted by atomic mass is 9.94. The van der Waals surface area contributed by atoms with Crippen LogP contribution in [0.15, 0.2) is 30.3 Å². The highest BCUT2D eigenvalue weighted by molar-refractivity contribution is 5.94. The molecule has 2 N–H and O–H groups in total. The fourth-order valence-electron chi connectivity index (χ4n) is 5.09. The Kier molecular flexibility index (Phi) is 7.48. The van der Waals surface area contributed by atoms with Gasteiger partial charge in [-0.3, -0.25) is 14.5 Å². The number of benzene rings is 1. The summed E-state index contributed by atoms with van der Waals surface area (Å²) in [5, 5.41) is 3.15. The highest BCUT2D eigenvalue weighted by Gasteiger charge is 2.30. The van der Waals surface area contributed by atoms with Gasteiger partial charge in [-0.25, -0.2) is 4.39 Å². The van der Waals surface area contributed by atoms with Crippen molar-refractivity contribution in [1.29, 1.82) is 0 Å². The second-order valence-electron chi connectivity index (χ2n) is 9.66. The van der Waals surface area contributed by atoms with E-state index >= 15 is 0 Å². The fraction of sp³-hybridized carbons (Fsp3) is 0.538. The number of aromatic nitrogens is 1. The molecule has 0 bridgehead atoms. The number of H-pyrrole nitrogens is 1. The minimum atomic E-state index is -0.153. The highest BCUT2D eigenvalue weighted by atomic mass is 19.1. The Bertz CT molecular complexity index is 980. The van der Waals surface area contributed by atoms with Crippen LogP contribution in [0.4, 0.5) is 4.39 Å². The number of halogens is 1. The first-order valence-corrected chi connectivity index (χ1v) is 12.1. The molecule has 2 saturated heterocycles. The quantitative estimate of drug-likeness (QED) is 0.700. The SMILES string of the molecule is Cc1cc(C)c(C(=O)N2CCC[C@@H](C(=O)NCC3CCN(Cc4ccccc4F)CC3)C2)[nH]1. The minimum absolute atomic E-state index is 0.0136. The Morgan fingerprint density at radius 3 is 2.58 bits per heavy atom. The largest absolute Gasteiger partial charge is 0.356 e. The number of piperidine rings is 2. The molecule has 0 unspecified atom stereocenters. The zero-order chi connectivity index (χ0) is 23.4. The molecule has 0 spiro atoms. The van der Waals surface area contributed by atoms with Crippen LogP contribution in [0.5, 0.6) is 0 Å². The summed E-state index contributed by atoms with van der Waals surface area (Å²) in [6, 6.07) is 8.93. The molecule has 3 heterocycles. The minimum Gasteiger partial charge on any atom is -0.356 e. The maximum atomic E-state index is 13.9. The van der Waals surface area contributed by atoms with Gasteiger partial charge in [-0.2, -0.15) is 0 Å². The van der Waals surface area contributed by atoms with Crippen molar-refractivity contribution in [3.63, 3.8) is 0 Å². The molecule has 6 nitrogen and oxygen atoms in total. The number of carbonyl (C=O) groups excluding carboxylic acids is 2. The summed E-state index contributed by atoms with van der Waals surface area (Å²) in [6.07, 6.45) is 3.65. The highest BCUT2D eigenvalue weighted by Crippen LogP contribution is 2.22. The first-order valence-electron chi connectivity index (χ1n) is 12.1. The number of rotatable bonds is 6. The summed E-state index contributed by atoms with van der Waals surface area (Å²) in [5.41, 5.74) is 3.30. The van der Waals surface area contributed by atoms with Gasteiger partial charge in [-0.15, -0.1) is 0 Å². The Hall–Kier alpha value is -2.67. The number of hydrogen-bond acceptors (Lipinski definition) is 3. The van der Waals surface area contributed by atoms with E-state index in [0.717, 1.165) is 55.6 Å². The molecule has 0 radical (unpaired) electrons. The van der Waals surface area contributed by atoms with E-state index in [2.05, 4.69) is 15.2 Å². The maximum absolute atomic E-state index is 13.9. The molecule has 2 aliphatic rings. The lowest BCUT2D eigenvalue weighted by Crippen LogP contribution is -2.47. The molecular weight excluding hydrogens is 419 g/mol. The Morgan fingerprint density at radius 2 is 1.88 bits per heavy atom. The molecule has 33 heavy (non-hydrogen) atoms. The predicted octanol–water partition coefficient (Wildman–Crippen LogP) is 3.65. The zero-order valence-corrected chi connectivity index (χ0v) is 19.7. The van der Waals surface area contributed by atoms with Gasteiger partial charge in [0.25, 0.3) is 5.91 Å². The van der Waals surface area contributed by atoms with Gasteiger partial charge in [-0.05, 0) is 76.2 Å². The molecule has 0 saturated carbocycles. The standard InChI is InChI=1S/C26H35FN4O2/c1-18-14-19(2)29-24(18)26(33)31-11-5-7-22(17-31)25(32)28-15-20-9-12-30(13-10-20)16-21-6-3-4-8-23(21)27/h3-4,6,8,14,20,22,29H,5,7,9-13,15-17H2,1-2H3,(H,28,32)/t22-/m1/s1. The number of amides is 2. The van der Waals surface area contributed by atoms with Gasteiger partial charge >= 0.3 is 0 Å². The fourth-order valence-corrected chi connectivity index (χ4v) is 5.09. The number of likely N-dealkylation sites (tertiary alicyclic amines) is 2. The monoisotopic (exact) mass is 454 g/mol. The van der Waals surface area contributed by atoms with Crippen LogP contribution < -0.4 is 5.32 Å². The van der Waals surface area contributed by atoms with Crippen LogP contribution in [0.2, 0.25) is 0 Å². The first kappa shape index (κ1) is 23.5. The van der Waals surface area contributed by atoms with E-state index in [1.165, 1.54) is 6.07 Å². The van der Waals surface area contributed by atoms with Crippen molar-refractivity contribution in [1.82, 2.24) is 20.1 Å². The van der Waals surface area contributed by atoms with Crippen molar-refractivity contribution in [2.75, 3.05) is 32.7 Å². The van der Waals surface area contributed by atoms with Crippen LogP contribution >= 0.6 is 0 Å². The van der Waals surface area contributed by atoms with Gasteiger partial charge in [0.15, 0.2) is 0 Å². The number of carbonyl (C=O) groups is 2. The van der Waals surface area contributed by atoms with Crippen molar-refractivity contribution < 1.29 is 14.0 Å². The van der Waals surface area contributed by atoms with Crippen molar-refractivity contribution in [2.24, 2.45) is 11.8 Å². The zero-order valence-electron chi connectivity index (χ0n) is 19.7. The molecule has 2 aromatic rings. The molecule has 1 atom stereocenters. The molecular formula is C26H35FN4O2.